The van der Waals surface area contributed by atoms with E-state index < -0.39 is 0 Å². The average Bonchev–Trinajstić information content (AvgIpc) is 3.05. The second-order valence-electron chi connectivity index (χ2n) is 5.25. The molecule has 0 radical (unpaired) electrons. The van der Waals surface area contributed by atoms with E-state index in [4.69, 9.17) is 11.6 Å². The minimum absolute atomic E-state index is 0.329. The fraction of sp³-hybridized carbons (Fsp3) is 0.250. The van der Waals surface area contributed by atoms with Crippen molar-refractivity contribution in [3.05, 3.63) is 53.2 Å². The molecule has 1 aromatic heterocycles. The van der Waals surface area contributed by atoms with Crippen LogP contribution in [0.2, 0.25) is 5.02 Å². The first-order chi connectivity index (χ1) is 10.7. The summed E-state index contributed by atoms with van der Waals surface area (Å²) in [4.78, 5) is 15.9. The number of urea groups is 1. The number of benzene rings is 1. The van der Waals surface area contributed by atoms with Gasteiger partial charge in [0.25, 0.3) is 0 Å². The lowest BCUT2D eigenvalue weighted by Gasteiger charge is -2.11. The molecule has 1 aromatic carbocycles. The van der Waals surface area contributed by atoms with Gasteiger partial charge in [0.2, 0.25) is 0 Å². The molecule has 114 valence electrons. The van der Waals surface area contributed by atoms with Gasteiger partial charge < -0.3 is 10.6 Å². The molecule has 6 heteroatoms. The summed E-state index contributed by atoms with van der Waals surface area (Å²) >= 11 is 5.75. The summed E-state index contributed by atoms with van der Waals surface area (Å²) in [5, 5.41) is 9.32. The zero-order valence-corrected chi connectivity index (χ0v) is 12.7. The zero-order valence-electron chi connectivity index (χ0n) is 12.0. The lowest BCUT2D eigenvalue weighted by molar-refractivity contribution is 0.262. The van der Waals surface area contributed by atoms with E-state index in [1.165, 1.54) is 11.8 Å². The SMILES string of the molecule is O=C(Nc1ccc([C@H]2CCNC2)cc1)Nc1ccc(Cl)cn1. The van der Waals surface area contributed by atoms with Crippen molar-refractivity contribution in [3.8, 4) is 0 Å². The van der Waals surface area contributed by atoms with Crippen LogP contribution >= 0.6 is 11.6 Å². The lowest BCUT2D eigenvalue weighted by Crippen LogP contribution is -2.20. The third kappa shape index (κ3) is 3.75. The van der Waals surface area contributed by atoms with Crippen LogP contribution in [-0.2, 0) is 0 Å². The van der Waals surface area contributed by atoms with Gasteiger partial charge in [0.05, 0.1) is 5.02 Å². The van der Waals surface area contributed by atoms with Crippen LogP contribution in [0, 0.1) is 0 Å². The summed E-state index contributed by atoms with van der Waals surface area (Å²) in [6.07, 6.45) is 2.65. The van der Waals surface area contributed by atoms with Gasteiger partial charge in [0.1, 0.15) is 5.82 Å². The number of hydrogen-bond donors (Lipinski definition) is 3. The standard InChI is InChI=1S/C16H17ClN4O/c17-13-3-6-15(19-10-13)21-16(22)20-14-4-1-11(2-5-14)12-7-8-18-9-12/h1-6,10,12,18H,7-9H2,(H2,19,20,21,22)/t12-/m0/s1. The molecule has 1 atom stereocenters. The van der Waals surface area contributed by atoms with Crippen molar-refractivity contribution in [3.63, 3.8) is 0 Å². The van der Waals surface area contributed by atoms with Gasteiger partial charge in [-0.1, -0.05) is 23.7 Å². The Morgan fingerprint density at radius 3 is 2.64 bits per heavy atom. The van der Waals surface area contributed by atoms with Crippen LogP contribution in [0.5, 0.6) is 0 Å². The number of aromatic nitrogens is 1. The number of carbonyl (C=O) groups excluding carboxylic acids is 1. The first kappa shape index (κ1) is 14.8. The fourth-order valence-corrected chi connectivity index (χ4v) is 2.62. The Labute approximate surface area is 134 Å². The Balaban J connectivity index is 1.57. The Bertz CT molecular complexity index is 636. The van der Waals surface area contributed by atoms with Crippen molar-refractivity contribution in [1.29, 1.82) is 0 Å². The van der Waals surface area contributed by atoms with Crippen LogP contribution in [0.4, 0.5) is 16.3 Å². The summed E-state index contributed by atoms with van der Waals surface area (Å²) in [5.74, 6) is 1.02. The number of anilines is 2. The molecule has 1 aliphatic rings. The number of rotatable bonds is 3. The Kier molecular flexibility index (Phi) is 4.56. The molecular weight excluding hydrogens is 300 g/mol. The van der Waals surface area contributed by atoms with E-state index in [0.717, 1.165) is 25.2 Å². The smallest absolute Gasteiger partial charge is 0.316 e. The molecule has 1 saturated heterocycles. The average molecular weight is 317 g/mol. The number of halogens is 1. The largest absolute Gasteiger partial charge is 0.324 e. The maximum absolute atomic E-state index is 11.9. The molecule has 3 rings (SSSR count). The van der Waals surface area contributed by atoms with E-state index in [0.29, 0.717) is 16.8 Å². The molecule has 2 heterocycles. The zero-order chi connectivity index (χ0) is 15.4. The number of pyridine rings is 1. The Morgan fingerprint density at radius 2 is 2.00 bits per heavy atom. The summed E-state index contributed by atoms with van der Waals surface area (Å²) in [6.45, 7) is 2.09. The highest BCUT2D eigenvalue weighted by Crippen LogP contribution is 2.23. The summed E-state index contributed by atoms with van der Waals surface area (Å²) in [7, 11) is 0. The molecule has 1 fully saturated rings. The van der Waals surface area contributed by atoms with Crippen LogP contribution in [0.15, 0.2) is 42.6 Å². The molecule has 0 aliphatic carbocycles. The first-order valence-corrected chi connectivity index (χ1v) is 7.59. The third-order valence-corrected chi connectivity index (χ3v) is 3.89. The van der Waals surface area contributed by atoms with E-state index in [9.17, 15) is 4.79 Å². The highest BCUT2D eigenvalue weighted by atomic mass is 35.5. The predicted octanol–water partition coefficient (Wildman–Crippen LogP) is 3.46. The summed E-state index contributed by atoms with van der Waals surface area (Å²) in [6, 6.07) is 11.0. The molecule has 5 nitrogen and oxygen atoms in total. The quantitative estimate of drug-likeness (QED) is 0.812. The van der Waals surface area contributed by atoms with Crippen LogP contribution in [-0.4, -0.2) is 24.1 Å². The van der Waals surface area contributed by atoms with Gasteiger partial charge in [-0.05, 0) is 48.7 Å². The molecule has 2 aromatic rings. The van der Waals surface area contributed by atoms with Crippen LogP contribution in [0.3, 0.4) is 0 Å². The van der Waals surface area contributed by atoms with Crippen molar-refractivity contribution < 1.29 is 4.79 Å². The lowest BCUT2D eigenvalue weighted by atomic mass is 9.98. The van der Waals surface area contributed by atoms with E-state index in [1.54, 1.807) is 12.1 Å². The van der Waals surface area contributed by atoms with Crippen molar-refractivity contribution >= 4 is 29.1 Å². The normalized spacial score (nSPS) is 17.2. The van der Waals surface area contributed by atoms with Crippen LogP contribution in [0.25, 0.3) is 0 Å². The highest BCUT2D eigenvalue weighted by molar-refractivity contribution is 6.30. The number of hydrogen-bond acceptors (Lipinski definition) is 3. The van der Waals surface area contributed by atoms with E-state index in [1.807, 2.05) is 12.1 Å². The second kappa shape index (κ2) is 6.77. The van der Waals surface area contributed by atoms with Gasteiger partial charge in [-0.2, -0.15) is 0 Å². The Morgan fingerprint density at radius 1 is 1.18 bits per heavy atom. The van der Waals surface area contributed by atoms with E-state index in [-0.39, 0.29) is 6.03 Å². The minimum atomic E-state index is -0.329. The number of carbonyl (C=O) groups is 1. The fourth-order valence-electron chi connectivity index (χ4n) is 2.51. The molecule has 3 N–H and O–H groups in total. The number of amides is 2. The molecule has 0 unspecified atom stereocenters. The van der Waals surface area contributed by atoms with Gasteiger partial charge in [0.15, 0.2) is 0 Å². The molecule has 0 spiro atoms. The predicted molar refractivity (Wildman–Crippen MR) is 88.6 cm³/mol. The summed E-state index contributed by atoms with van der Waals surface area (Å²) < 4.78 is 0. The molecule has 0 saturated carbocycles. The topological polar surface area (TPSA) is 66.1 Å². The van der Waals surface area contributed by atoms with Gasteiger partial charge in [-0.25, -0.2) is 9.78 Å². The van der Waals surface area contributed by atoms with E-state index >= 15 is 0 Å². The van der Waals surface area contributed by atoms with E-state index in [2.05, 4.69) is 33.1 Å². The van der Waals surface area contributed by atoms with Crippen molar-refractivity contribution in [2.45, 2.75) is 12.3 Å². The van der Waals surface area contributed by atoms with Gasteiger partial charge in [-0.15, -0.1) is 0 Å². The molecule has 1 aliphatic heterocycles. The highest BCUT2D eigenvalue weighted by Gasteiger charge is 2.16. The van der Waals surface area contributed by atoms with Gasteiger partial charge in [-0.3, -0.25) is 5.32 Å². The maximum Gasteiger partial charge on any atom is 0.324 e. The molecule has 22 heavy (non-hydrogen) atoms. The van der Waals surface area contributed by atoms with Crippen LogP contribution < -0.4 is 16.0 Å². The second-order valence-corrected chi connectivity index (χ2v) is 5.69. The van der Waals surface area contributed by atoms with Gasteiger partial charge >= 0.3 is 6.03 Å². The van der Waals surface area contributed by atoms with Crippen molar-refractivity contribution in [2.24, 2.45) is 0 Å². The van der Waals surface area contributed by atoms with Crippen molar-refractivity contribution in [2.75, 3.05) is 23.7 Å². The van der Waals surface area contributed by atoms with Crippen molar-refractivity contribution in [1.82, 2.24) is 10.3 Å². The monoisotopic (exact) mass is 316 g/mol. The maximum atomic E-state index is 11.9. The van der Waals surface area contributed by atoms with Crippen LogP contribution in [0.1, 0.15) is 17.9 Å². The molecule has 0 bridgehead atoms. The first-order valence-electron chi connectivity index (χ1n) is 7.21. The third-order valence-electron chi connectivity index (χ3n) is 3.67. The molecular formula is C16H17ClN4O. The number of nitrogens with zero attached hydrogens (tertiary/aromatic N) is 1. The Hall–Kier alpha value is -2.11. The summed E-state index contributed by atoms with van der Waals surface area (Å²) in [5.41, 5.74) is 2.05. The molecule has 2 amide bonds. The van der Waals surface area contributed by atoms with Gasteiger partial charge in [0, 0.05) is 18.4 Å². The number of nitrogens with one attached hydrogen (secondary N) is 3. The minimum Gasteiger partial charge on any atom is -0.316 e.